The molecule has 3 unspecified atom stereocenters. The molecule has 0 aliphatic heterocycles. The summed E-state index contributed by atoms with van der Waals surface area (Å²) in [6, 6.07) is 0. The monoisotopic (exact) mass is 1400 g/mol. The zero-order valence-corrected chi connectivity index (χ0v) is 63.8. The molecule has 0 aliphatic rings. The fourth-order valence-corrected chi connectivity index (χ4v) is 13.2. The summed E-state index contributed by atoms with van der Waals surface area (Å²) < 4.78 is 68.3. The van der Waals surface area contributed by atoms with E-state index in [1.165, 1.54) is 205 Å². The first kappa shape index (κ1) is 93.1. The van der Waals surface area contributed by atoms with Gasteiger partial charge in [0.1, 0.15) is 19.3 Å². The quantitative estimate of drug-likeness (QED) is 0.0222. The largest absolute Gasteiger partial charge is 0.472 e. The van der Waals surface area contributed by atoms with E-state index < -0.39 is 97.5 Å². The van der Waals surface area contributed by atoms with E-state index in [9.17, 15) is 43.2 Å². The number of esters is 4. The van der Waals surface area contributed by atoms with Crippen LogP contribution in [0.5, 0.6) is 0 Å². The Balaban J connectivity index is 5.14. The van der Waals surface area contributed by atoms with Crippen LogP contribution in [0.2, 0.25) is 0 Å². The summed E-state index contributed by atoms with van der Waals surface area (Å²) >= 11 is 0. The van der Waals surface area contributed by atoms with Gasteiger partial charge in [-0.05, 0) is 37.5 Å². The molecule has 0 saturated heterocycles. The predicted octanol–water partition coefficient (Wildman–Crippen LogP) is 22.3. The average molecular weight is 1400 g/mol. The summed E-state index contributed by atoms with van der Waals surface area (Å²) in [5, 5.41) is 10.6. The third-order valence-corrected chi connectivity index (χ3v) is 20.0. The molecule has 0 heterocycles. The number of phosphoric acid groups is 2. The van der Waals surface area contributed by atoms with Crippen LogP contribution in [0.15, 0.2) is 0 Å². The molecule has 0 fully saturated rings. The minimum Gasteiger partial charge on any atom is -0.462 e. The predicted molar refractivity (Wildman–Crippen MR) is 386 cm³/mol. The molecule has 0 amide bonds. The van der Waals surface area contributed by atoms with E-state index in [2.05, 4.69) is 41.5 Å². The summed E-state index contributed by atoms with van der Waals surface area (Å²) in [7, 11) is -9.90. The Bertz CT molecular complexity index is 1840. The first-order valence-corrected chi connectivity index (χ1v) is 42.5. The minimum atomic E-state index is -4.96. The highest BCUT2D eigenvalue weighted by Crippen LogP contribution is 2.45. The maximum absolute atomic E-state index is 13.1. The van der Waals surface area contributed by atoms with Crippen molar-refractivity contribution in [2.75, 3.05) is 39.6 Å². The van der Waals surface area contributed by atoms with Gasteiger partial charge in [-0.1, -0.05) is 343 Å². The molecule has 19 heteroatoms. The zero-order valence-electron chi connectivity index (χ0n) is 62.0. The van der Waals surface area contributed by atoms with Gasteiger partial charge in [-0.15, -0.1) is 0 Å². The third kappa shape index (κ3) is 69.0. The van der Waals surface area contributed by atoms with Crippen LogP contribution < -0.4 is 0 Å². The number of unbranched alkanes of at least 4 members (excludes halogenated alkanes) is 44. The molecule has 17 nitrogen and oxygen atoms in total. The normalized spacial score (nSPS) is 14.3. The zero-order chi connectivity index (χ0) is 70.0. The summed E-state index contributed by atoms with van der Waals surface area (Å²) in [6.45, 7) is 9.55. The second-order valence-corrected chi connectivity index (χ2v) is 31.0. The first-order chi connectivity index (χ1) is 45.9. The SMILES string of the molecule is CCCCCCCCCCCCCCCCCCCCCCC(=O)O[C@H](COC(=O)CCCCCCCCCCCCCCCC(C)C)COP(=O)(O)OC[C@@H](O)COP(=O)(O)OC[C@@H](COC(=O)CCCCCCC)OC(=O)CCCCCCCCCCCCC(C)CC. The number of carbonyl (C=O) groups is 4. The van der Waals surface area contributed by atoms with Gasteiger partial charge in [-0.2, -0.15) is 0 Å². The van der Waals surface area contributed by atoms with Crippen LogP contribution in [0.1, 0.15) is 395 Å². The summed E-state index contributed by atoms with van der Waals surface area (Å²) in [5.41, 5.74) is 0. The van der Waals surface area contributed by atoms with Gasteiger partial charge in [-0.25, -0.2) is 9.13 Å². The Kier molecular flexibility index (Phi) is 66.5. The smallest absolute Gasteiger partial charge is 0.462 e. The van der Waals surface area contributed by atoms with E-state index in [0.717, 1.165) is 108 Å². The van der Waals surface area contributed by atoms with Crippen LogP contribution in [-0.4, -0.2) is 96.7 Å². The molecule has 95 heavy (non-hydrogen) atoms. The van der Waals surface area contributed by atoms with Gasteiger partial charge in [0.05, 0.1) is 26.4 Å². The van der Waals surface area contributed by atoms with E-state index >= 15 is 0 Å². The van der Waals surface area contributed by atoms with Crippen molar-refractivity contribution in [1.29, 1.82) is 0 Å². The van der Waals surface area contributed by atoms with Crippen molar-refractivity contribution < 1.29 is 80.2 Å². The van der Waals surface area contributed by atoms with Crippen molar-refractivity contribution >= 4 is 39.5 Å². The lowest BCUT2D eigenvalue weighted by Crippen LogP contribution is -2.30. The number of carbonyl (C=O) groups excluding carboxylic acids is 4. The van der Waals surface area contributed by atoms with Crippen molar-refractivity contribution in [2.24, 2.45) is 11.8 Å². The second-order valence-electron chi connectivity index (χ2n) is 28.1. The molecular formula is C76H148O17P2. The Morgan fingerprint density at radius 1 is 0.305 bits per heavy atom. The van der Waals surface area contributed by atoms with Crippen LogP contribution in [-0.2, 0) is 65.4 Å². The van der Waals surface area contributed by atoms with Gasteiger partial charge >= 0.3 is 39.5 Å². The van der Waals surface area contributed by atoms with Crippen molar-refractivity contribution in [3.05, 3.63) is 0 Å². The van der Waals surface area contributed by atoms with Crippen LogP contribution in [0.25, 0.3) is 0 Å². The van der Waals surface area contributed by atoms with Crippen LogP contribution in [0, 0.1) is 11.8 Å². The van der Waals surface area contributed by atoms with E-state index in [-0.39, 0.29) is 25.7 Å². The first-order valence-electron chi connectivity index (χ1n) is 39.5. The van der Waals surface area contributed by atoms with Gasteiger partial charge in [0.2, 0.25) is 0 Å². The van der Waals surface area contributed by atoms with Gasteiger partial charge in [0, 0.05) is 25.7 Å². The number of ether oxygens (including phenoxy) is 4. The minimum absolute atomic E-state index is 0.105. The topological polar surface area (TPSA) is 237 Å². The van der Waals surface area contributed by atoms with Crippen molar-refractivity contribution in [2.45, 2.75) is 413 Å². The number of aliphatic hydroxyl groups excluding tert-OH is 1. The molecule has 3 N–H and O–H groups in total. The molecule has 564 valence electrons. The lowest BCUT2D eigenvalue weighted by molar-refractivity contribution is -0.161. The summed E-state index contributed by atoms with van der Waals surface area (Å²) in [5.74, 6) is -0.533. The highest BCUT2D eigenvalue weighted by molar-refractivity contribution is 7.47. The molecule has 0 rings (SSSR count). The highest BCUT2D eigenvalue weighted by atomic mass is 31.2. The van der Waals surface area contributed by atoms with Crippen LogP contribution >= 0.6 is 15.6 Å². The van der Waals surface area contributed by atoms with Gasteiger partial charge in [0.15, 0.2) is 12.2 Å². The van der Waals surface area contributed by atoms with Crippen molar-refractivity contribution in [3.63, 3.8) is 0 Å². The van der Waals surface area contributed by atoms with E-state index in [4.69, 9.17) is 37.0 Å². The third-order valence-electron chi connectivity index (χ3n) is 18.1. The van der Waals surface area contributed by atoms with Crippen molar-refractivity contribution in [1.82, 2.24) is 0 Å². The van der Waals surface area contributed by atoms with E-state index in [1.807, 2.05) is 0 Å². The number of aliphatic hydroxyl groups is 1. The van der Waals surface area contributed by atoms with Gasteiger partial charge in [0.25, 0.3) is 0 Å². The molecule has 0 spiro atoms. The van der Waals surface area contributed by atoms with E-state index in [1.54, 1.807) is 0 Å². The van der Waals surface area contributed by atoms with Gasteiger partial charge < -0.3 is 33.8 Å². The molecule has 0 aromatic rings. The standard InChI is InChI=1S/C76H148O17P2/c1-7-10-12-14-15-16-17-18-19-20-21-22-23-24-27-31-37-42-48-54-60-76(81)93-72(65-87-74(79)59-53-47-41-36-30-28-25-26-29-34-39-45-50-56-68(4)5)67-91-95(84,85)89-63-70(77)62-88-94(82,83)90-66-71(64-86-73(78)58-52-44-13-11-8-2)92-75(80)61-55-49-43-38-33-32-35-40-46-51-57-69(6)9-3/h68-72,77H,7-67H2,1-6H3,(H,82,83)(H,84,85)/t69?,70-,71+,72+/m0/s1. The fourth-order valence-electron chi connectivity index (χ4n) is 11.6. The van der Waals surface area contributed by atoms with Crippen LogP contribution in [0.4, 0.5) is 0 Å². The summed E-state index contributed by atoms with van der Waals surface area (Å²) in [6.07, 6.45) is 55.9. The molecule has 0 aliphatic carbocycles. The number of hydrogen-bond acceptors (Lipinski definition) is 15. The lowest BCUT2D eigenvalue weighted by Gasteiger charge is -2.21. The Morgan fingerprint density at radius 3 is 0.800 bits per heavy atom. The molecule has 6 atom stereocenters. The summed E-state index contributed by atoms with van der Waals surface area (Å²) in [4.78, 5) is 72.5. The van der Waals surface area contributed by atoms with E-state index in [0.29, 0.717) is 25.7 Å². The number of hydrogen-bond donors (Lipinski definition) is 3. The van der Waals surface area contributed by atoms with Crippen molar-refractivity contribution in [3.8, 4) is 0 Å². The van der Waals surface area contributed by atoms with Crippen LogP contribution in [0.3, 0.4) is 0 Å². The van der Waals surface area contributed by atoms with Gasteiger partial charge in [-0.3, -0.25) is 37.3 Å². The molecule has 0 radical (unpaired) electrons. The number of phosphoric ester groups is 2. The Morgan fingerprint density at radius 2 is 0.537 bits per heavy atom. The Hall–Kier alpha value is -1.94. The molecule has 0 aromatic carbocycles. The lowest BCUT2D eigenvalue weighted by atomic mass is 9.99. The highest BCUT2D eigenvalue weighted by Gasteiger charge is 2.30. The average Bonchev–Trinajstić information content (AvgIpc) is 2.37. The fraction of sp³-hybridized carbons (Fsp3) is 0.947. The maximum Gasteiger partial charge on any atom is 0.472 e. The Labute approximate surface area is 581 Å². The molecule has 0 aromatic heterocycles. The number of rotatable bonds is 75. The molecule has 0 bridgehead atoms. The molecular weight excluding hydrogens is 1250 g/mol. The molecule has 0 saturated carbocycles. The second kappa shape index (κ2) is 67.9. The maximum atomic E-state index is 13.1.